The van der Waals surface area contributed by atoms with Crippen molar-refractivity contribution in [2.75, 3.05) is 19.6 Å². The molecule has 11 heteroatoms. The Morgan fingerprint density at radius 1 is 1.06 bits per heavy atom. The van der Waals surface area contributed by atoms with Crippen molar-refractivity contribution in [2.24, 2.45) is 0 Å². The molecule has 1 aliphatic heterocycles. The first-order valence-corrected chi connectivity index (χ1v) is 9.66. The molecule has 1 fully saturated rings. The van der Waals surface area contributed by atoms with Crippen LogP contribution in [0.25, 0.3) is 0 Å². The van der Waals surface area contributed by atoms with E-state index in [9.17, 15) is 35.5 Å². The fourth-order valence-corrected chi connectivity index (χ4v) is 3.64. The van der Waals surface area contributed by atoms with Crippen LogP contribution in [-0.2, 0) is 18.9 Å². The van der Waals surface area contributed by atoms with Gasteiger partial charge in [0.1, 0.15) is 5.82 Å². The molecule has 0 aliphatic carbocycles. The number of carbonyl (C=O) groups excluding carboxylic acids is 1. The third-order valence-electron chi connectivity index (χ3n) is 5.19. The van der Waals surface area contributed by atoms with Gasteiger partial charge in [-0.3, -0.25) is 0 Å². The van der Waals surface area contributed by atoms with Crippen molar-refractivity contribution in [3.05, 3.63) is 70.0 Å². The number of rotatable bonds is 3. The molecule has 0 saturated carbocycles. The maximum Gasteiger partial charge on any atom is 0.416 e. The number of carbonyl (C=O) groups is 1. The highest BCUT2D eigenvalue weighted by Gasteiger charge is 2.37. The zero-order valence-corrected chi connectivity index (χ0v) is 16.9. The zero-order chi connectivity index (χ0) is 23.7. The molecule has 0 aromatic heterocycles. The van der Waals surface area contributed by atoms with Gasteiger partial charge in [0, 0.05) is 26.2 Å². The molecule has 3 rings (SSSR count). The molecule has 0 bridgehead atoms. The van der Waals surface area contributed by atoms with Crippen molar-refractivity contribution in [1.82, 2.24) is 15.5 Å². The molecule has 1 heterocycles. The summed E-state index contributed by atoms with van der Waals surface area (Å²) in [5, 5.41) is 5.52. The summed E-state index contributed by atoms with van der Waals surface area (Å²) in [5.74, 6) is -0.434. The molecule has 1 saturated heterocycles. The number of aryl methyl sites for hydroxylation is 1. The second-order valence-corrected chi connectivity index (χ2v) is 7.49. The summed E-state index contributed by atoms with van der Waals surface area (Å²) < 4.78 is 91.6. The van der Waals surface area contributed by atoms with Crippen molar-refractivity contribution >= 4 is 6.03 Å². The second kappa shape index (κ2) is 8.97. The van der Waals surface area contributed by atoms with E-state index in [1.165, 1.54) is 17.0 Å². The topological polar surface area (TPSA) is 44.4 Å². The van der Waals surface area contributed by atoms with Crippen LogP contribution in [0.4, 0.5) is 35.5 Å². The van der Waals surface area contributed by atoms with Gasteiger partial charge in [-0.2, -0.15) is 26.3 Å². The summed E-state index contributed by atoms with van der Waals surface area (Å²) in [7, 11) is 0. The van der Waals surface area contributed by atoms with Crippen LogP contribution in [0, 0.1) is 12.7 Å². The predicted molar refractivity (Wildman–Crippen MR) is 102 cm³/mol. The van der Waals surface area contributed by atoms with Crippen LogP contribution in [0.3, 0.4) is 0 Å². The van der Waals surface area contributed by atoms with Crippen LogP contribution in [-0.4, -0.2) is 30.6 Å². The minimum atomic E-state index is -4.97. The van der Waals surface area contributed by atoms with Gasteiger partial charge in [-0.1, -0.05) is 6.07 Å². The Kier molecular flexibility index (Phi) is 6.68. The highest BCUT2D eigenvalue weighted by atomic mass is 19.4. The number of alkyl halides is 6. The molecule has 174 valence electrons. The van der Waals surface area contributed by atoms with E-state index in [0.717, 1.165) is 0 Å². The maximum absolute atomic E-state index is 13.4. The van der Waals surface area contributed by atoms with E-state index < -0.39 is 47.9 Å². The van der Waals surface area contributed by atoms with Gasteiger partial charge >= 0.3 is 18.4 Å². The summed E-state index contributed by atoms with van der Waals surface area (Å²) in [5.41, 5.74) is -1.92. The lowest BCUT2D eigenvalue weighted by Gasteiger charge is -2.37. The monoisotopic (exact) mass is 463 g/mol. The molecule has 2 amide bonds. The quantitative estimate of drug-likeness (QED) is 0.628. The van der Waals surface area contributed by atoms with Crippen LogP contribution in [0.1, 0.15) is 33.9 Å². The summed E-state index contributed by atoms with van der Waals surface area (Å²) >= 11 is 0. The van der Waals surface area contributed by atoms with Gasteiger partial charge in [0.25, 0.3) is 0 Å². The van der Waals surface area contributed by atoms with Gasteiger partial charge in [0.15, 0.2) is 0 Å². The first-order valence-electron chi connectivity index (χ1n) is 9.66. The standard InChI is InChI=1S/C21H20F7N3O/c1-12-6-16(22)2-3-17(12)18-11-29-4-5-31(18)19(32)30-10-13-7-14(20(23,24)25)9-15(8-13)21(26,27)28/h2-3,6-9,18,29H,4-5,10-11H2,1H3,(H,30,32)/t18-/m1/s1. The molecular formula is C21H20F7N3O. The summed E-state index contributed by atoms with van der Waals surface area (Å²) in [6.07, 6.45) is -9.94. The zero-order valence-electron chi connectivity index (χ0n) is 16.9. The van der Waals surface area contributed by atoms with E-state index in [1.807, 2.05) is 0 Å². The molecule has 2 aromatic rings. The molecule has 2 aromatic carbocycles. The average Bonchev–Trinajstić information content (AvgIpc) is 2.70. The van der Waals surface area contributed by atoms with Gasteiger partial charge in [-0.15, -0.1) is 0 Å². The lowest BCUT2D eigenvalue weighted by atomic mass is 9.98. The number of hydrogen-bond donors (Lipinski definition) is 2. The Morgan fingerprint density at radius 3 is 2.25 bits per heavy atom. The van der Waals surface area contributed by atoms with Crippen LogP contribution < -0.4 is 10.6 Å². The van der Waals surface area contributed by atoms with Crippen molar-refractivity contribution < 1.29 is 35.5 Å². The number of hydrogen-bond acceptors (Lipinski definition) is 2. The van der Waals surface area contributed by atoms with Crippen LogP contribution in [0.2, 0.25) is 0 Å². The minimum absolute atomic E-state index is 0.0367. The Bertz CT molecular complexity index is 956. The summed E-state index contributed by atoms with van der Waals surface area (Å²) in [6, 6.07) is 4.20. The summed E-state index contributed by atoms with van der Waals surface area (Å²) in [4.78, 5) is 14.2. The number of halogens is 7. The van der Waals surface area contributed by atoms with Gasteiger partial charge in [-0.25, -0.2) is 9.18 Å². The highest BCUT2D eigenvalue weighted by Crippen LogP contribution is 2.36. The number of nitrogens with one attached hydrogen (secondary N) is 2. The second-order valence-electron chi connectivity index (χ2n) is 7.49. The van der Waals surface area contributed by atoms with Crippen molar-refractivity contribution in [2.45, 2.75) is 31.9 Å². The first kappa shape index (κ1) is 23.8. The molecule has 0 unspecified atom stereocenters. The molecule has 32 heavy (non-hydrogen) atoms. The molecule has 0 spiro atoms. The van der Waals surface area contributed by atoms with Gasteiger partial charge in [-0.05, 0) is 53.9 Å². The maximum atomic E-state index is 13.4. The lowest BCUT2D eigenvalue weighted by Crippen LogP contribution is -2.52. The van der Waals surface area contributed by atoms with Crippen molar-refractivity contribution in [1.29, 1.82) is 0 Å². The van der Waals surface area contributed by atoms with Crippen molar-refractivity contribution in [3.8, 4) is 0 Å². The van der Waals surface area contributed by atoms with E-state index in [1.54, 1.807) is 13.0 Å². The fourth-order valence-electron chi connectivity index (χ4n) is 3.64. The number of nitrogens with zero attached hydrogens (tertiary/aromatic N) is 1. The SMILES string of the molecule is Cc1cc(F)ccc1[C@H]1CNCCN1C(=O)NCc1cc(C(F)(F)F)cc(C(F)(F)F)c1. The first-order chi connectivity index (χ1) is 14.9. The van der Waals surface area contributed by atoms with E-state index in [4.69, 9.17) is 0 Å². The third kappa shape index (κ3) is 5.50. The Balaban J connectivity index is 1.80. The lowest BCUT2D eigenvalue weighted by molar-refractivity contribution is -0.143. The predicted octanol–water partition coefficient (Wildman–Crippen LogP) is 5.03. The Morgan fingerprint density at radius 2 is 1.69 bits per heavy atom. The molecule has 1 aliphatic rings. The van der Waals surface area contributed by atoms with E-state index in [-0.39, 0.29) is 18.2 Å². The van der Waals surface area contributed by atoms with Gasteiger partial charge < -0.3 is 15.5 Å². The Hall–Kier alpha value is -2.82. The normalized spacial score (nSPS) is 17.4. The Labute approximate surface area is 179 Å². The number of piperazine rings is 1. The largest absolute Gasteiger partial charge is 0.416 e. The van der Waals surface area contributed by atoms with E-state index in [0.29, 0.717) is 36.3 Å². The van der Waals surface area contributed by atoms with Crippen molar-refractivity contribution in [3.63, 3.8) is 0 Å². The van der Waals surface area contributed by atoms with Gasteiger partial charge in [0.05, 0.1) is 17.2 Å². The van der Waals surface area contributed by atoms with E-state index >= 15 is 0 Å². The number of urea groups is 1. The molecule has 2 N–H and O–H groups in total. The fraction of sp³-hybridized carbons (Fsp3) is 0.381. The molecule has 1 atom stereocenters. The third-order valence-corrected chi connectivity index (χ3v) is 5.19. The van der Waals surface area contributed by atoms with Gasteiger partial charge in [0.2, 0.25) is 0 Å². The number of amides is 2. The molecular weight excluding hydrogens is 443 g/mol. The summed E-state index contributed by atoms with van der Waals surface area (Å²) in [6.45, 7) is 2.23. The van der Waals surface area contributed by atoms with E-state index in [2.05, 4.69) is 10.6 Å². The van der Waals surface area contributed by atoms with Crippen LogP contribution in [0.5, 0.6) is 0 Å². The highest BCUT2D eigenvalue weighted by molar-refractivity contribution is 5.75. The molecule has 4 nitrogen and oxygen atoms in total. The average molecular weight is 463 g/mol. The minimum Gasteiger partial charge on any atom is -0.334 e. The number of benzene rings is 2. The van der Waals surface area contributed by atoms with Crippen LogP contribution >= 0.6 is 0 Å². The smallest absolute Gasteiger partial charge is 0.334 e. The van der Waals surface area contributed by atoms with Crippen LogP contribution in [0.15, 0.2) is 36.4 Å². The molecule has 0 radical (unpaired) electrons.